The quantitative estimate of drug-likeness (QED) is 0.741. The molecule has 0 aliphatic rings. The van der Waals surface area contributed by atoms with Gasteiger partial charge in [0.25, 0.3) is 5.91 Å². The molecule has 0 radical (unpaired) electrons. The second-order valence-corrected chi connectivity index (χ2v) is 6.61. The molecule has 1 atom stereocenters. The van der Waals surface area contributed by atoms with Crippen LogP contribution in [0.1, 0.15) is 45.5 Å². The molecule has 1 unspecified atom stereocenters. The topological polar surface area (TPSA) is 116 Å². The van der Waals surface area contributed by atoms with Gasteiger partial charge in [-0.2, -0.15) is 5.10 Å². The second kappa shape index (κ2) is 7.66. The summed E-state index contributed by atoms with van der Waals surface area (Å²) in [6.07, 6.45) is 2.92. The Hall–Kier alpha value is -2.39. The lowest BCUT2D eigenvalue weighted by molar-refractivity contribution is -0.119. The lowest BCUT2D eigenvalue weighted by Crippen LogP contribution is -2.24. The number of thiophene rings is 1. The number of nitrogens with one attached hydrogen (secondary N) is 1. The Morgan fingerprint density at radius 3 is 2.68 bits per heavy atom. The predicted octanol–water partition coefficient (Wildman–Crippen LogP) is 2.38. The average Bonchev–Trinajstić information content (AvgIpc) is 3.10. The van der Waals surface area contributed by atoms with Gasteiger partial charge in [-0.15, -0.1) is 11.3 Å². The largest absolute Gasteiger partial charge is 0.462 e. The van der Waals surface area contributed by atoms with Gasteiger partial charge in [-0.05, 0) is 26.3 Å². The summed E-state index contributed by atoms with van der Waals surface area (Å²) in [6, 6.07) is -0.679. The van der Waals surface area contributed by atoms with E-state index in [1.807, 2.05) is 0 Å². The summed E-state index contributed by atoms with van der Waals surface area (Å²) in [6.45, 7) is 5.03. The first kappa shape index (κ1) is 18.9. The van der Waals surface area contributed by atoms with Crippen molar-refractivity contribution in [2.45, 2.75) is 26.8 Å². The molecule has 25 heavy (non-hydrogen) atoms. The van der Waals surface area contributed by atoms with Crippen molar-refractivity contribution in [2.24, 2.45) is 5.73 Å². The highest BCUT2D eigenvalue weighted by Crippen LogP contribution is 2.34. The van der Waals surface area contributed by atoms with E-state index < -0.39 is 23.8 Å². The number of carbonyl (C=O) groups excluding carboxylic acids is 3. The minimum absolute atomic E-state index is 0.125. The number of nitrogens with zero attached hydrogens (tertiary/aromatic N) is 2. The maximum atomic E-state index is 12.5. The molecule has 0 aliphatic heterocycles. The van der Waals surface area contributed by atoms with Crippen LogP contribution >= 0.6 is 22.9 Å². The number of aromatic nitrogens is 2. The van der Waals surface area contributed by atoms with Crippen LogP contribution in [-0.2, 0) is 9.53 Å². The molecule has 0 saturated carbocycles. The van der Waals surface area contributed by atoms with Gasteiger partial charge >= 0.3 is 5.97 Å². The Bertz CT molecular complexity index is 830. The van der Waals surface area contributed by atoms with E-state index >= 15 is 0 Å². The number of nitrogens with two attached hydrogens (primary N) is 1. The number of carbonyl (C=O) groups is 3. The lowest BCUT2D eigenvalue weighted by atomic mass is 10.1. The normalized spacial score (nSPS) is 11.8. The number of hydrogen-bond acceptors (Lipinski definition) is 6. The monoisotopic (exact) mass is 384 g/mol. The van der Waals surface area contributed by atoms with E-state index in [1.165, 1.54) is 17.1 Å². The number of hydrogen-bond donors (Lipinski definition) is 2. The van der Waals surface area contributed by atoms with Gasteiger partial charge in [-0.3, -0.25) is 14.3 Å². The van der Waals surface area contributed by atoms with Gasteiger partial charge in [0.1, 0.15) is 11.0 Å². The smallest absolute Gasteiger partial charge is 0.341 e. The van der Waals surface area contributed by atoms with Crippen molar-refractivity contribution in [2.75, 3.05) is 11.9 Å². The fraction of sp³-hybridized carbons (Fsp3) is 0.333. The SMILES string of the molecule is CCOC(=O)c1c(NC(=O)C(C)n2cc(Cl)cn2)sc(C(N)=O)c1C. The maximum absolute atomic E-state index is 12.5. The van der Waals surface area contributed by atoms with Gasteiger partial charge < -0.3 is 15.8 Å². The third-order valence-electron chi connectivity index (χ3n) is 3.43. The summed E-state index contributed by atoms with van der Waals surface area (Å²) >= 11 is 6.74. The predicted molar refractivity (Wildman–Crippen MR) is 94.1 cm³/mol. The minimum Gasteiger partial charge on any atom is -0.462 e. The highest BCUT2D eigenvalue weighted by molar-refractivity contribution is 7.18. The van der Waals surface area contributed by atoms with Gasteiger partial charge in [0.15, 0.2) is 0 Å². The van der Waals surface area contributed by atoms with Crippen molar-refractivity contribution in [3.05, 3.63) is 33.4 Å². The van der Waals surface area contributed by atoms with Gasteiger partial charge in [-0.1, -0.05) is 11.6 Å². The summed E-state index contributed by atoms with van der Waals surface area (Å²) in [4.78, 5) is 36.4. The molecule has 134 valence electrons. The number of amides is 2. The number of anilines is 1. The van der Waals surface area contributed by atoms with Crippen molar-refractivity contribution < 1.29 is 19.1 Å². The Balaban J connectivity index is 2.34. The average molecular weight is 385 g/mol. The molecule has 2 heterocycles. The van der Waals surface area contributed by atoms with E-state index in [0.29, 0.717) is 10.6 Å². The Morgan fingerprint density at radius 1 is 1.48 bits per heavy atom. The van der Waals surface area contributed by atoms with Crippen molar-refractivity contribution in [3.8, 4) is 0 Å². The van der Waals surface area contributed by atoms with Crippen LogP contribution in [0.4, 0.5) is 5.00 Å². The number of esters is 1. The fourth-order valence-corrected chi connectivity index (χ4v) is 3.34. The Labute approximate surface area is 152 Å². The fourth-order valence-electron chi connectivity index (χ4n) is 2.15. The molecule has 2 amide bonds. The minimum atomic E-state index is -0.680. The van der Waals surface area contributed by atoms with Crippen molar-refractivity contribution in [3.63, 3.8) is 0 Å². The molecule has 2 aromatic rings. The first-order valence-electron chi connectivity index (χ1n) is 7.37. The molecule has 10 heteroatoms. The summed E-state index contributed by atoms with van der Waals surface area (Å²) < 4.78 is 6.39. The first-order chi connectivity index (χ1) is 11.8. The second-order valence-electron chi connectivity index (χ2n) is 5.15. The summed E-state index contributed by atoms with van der Waals surface area (Å²) in [5.74, 6) is -1.74. The van der Waals surface area contributed by atoms with Crippen LogP contribution in [0.5, 0.6) is 0 Å². The van der Waals surface area contributed by atoms with Gasteiger partial charge in [0, 0.05) is 6.20 Å². The highest BCUT2D eigenvalue weighted by atomic mass is 35.5. The summed E-state index contributed by atoms with van der Waals surface area (Å²) in [7, 11) is 0. The van der Waals surface area contributed by atoms with E-state index in [1.54, 1.807) is 20.8 Å². The molecule has 0 fully saturated rings. The molecular formula is C15H17ClN4O4S. The van der Waals surface area contributed by atoms with Gasteiger partial charge in [-0.25, -0.2) is 4.79 Å². The zero-order valence-corrected chi connectivity index (χ0v) is 15.4. The number of ether oxygens (including phenoxy) is 1. The number of rotatable bonds is 6. The Morgan fingerprint density at radius 2 is 2.16 bits per heavy atom. The number of primary amides is 1. The first-order valence-corrected chi connectivity index (χ1v) is 8.56. The molecular weight excluding hydrogens is 368 g/mol. The van der Waals surface area contributed by atoms with E-state index in [2.05, 4.69) is 10.4 Å². The lowest BCUT2D eigenvalue weighted by Gasteiger charge is -2.12. The molecule has 2 aromatic heterocycles. The summed E-state index contributed by atoms with van der Waals surface area (Å²) in [5, 5.41) is 7.22. The zero-order valence-electron chi connectivity index (χ0n) is 13.8. The standard InChI is InChI=1S/C15H17ClN4O4S/c1-4-24-15(23)10-7(2)11(12(17)21)25-14(10)19-13(22)8(3)20-6-9(16)5-18-20/h5-6,8H,4H2,1-3H3,(H2,17,21)(H,19,22). The highest BCUT2D eigenvalue weighted by Gasteiger charge is 2.27. The van der Waals surface area contributed by atoms with Crippen molar-refractivity contribution in [1.82, 2.24) is 9.78 Å². The van der Waals surface area contributed by atoms with E-state index in [9.17, 15) is 14.4 Å². The molecule has 8 nitrogen and oxygen atoms in total. The third kappa shape index (κ3) is 3.99. The van der Waals surface area contributed by atoms with Gasteiger partial charge in [0.2, 0.25) is 5.91 Å². The molecule has 2 rings (SSSR count). The van der Waals surface area contributed by atoms with Crippen molar-refractivity contribution in [1.29, 1.82) is 0 Å². The van der Waals surface area contributed by atoms with Crippen LogP contribution in [0.3, 0.4) is 0 Å². The van der Waals surface area contributed by atoms with E-state index in [-0.39, 0.29) is 22.0 Å². The molecule has 3 N–H and O–H groups in total. The number of halogens is 1. The maximum Gasteiger partial charge on any atom is 0.341 e. The molecule has 0 aromatic carbocycles. The van der Waals surface area contributed by atoms with Crippen LogP contribution in [-0.4, -0.2) is 34.2 Å². The molecule has 0 spiro atoms. The van der Waals surface area contributed by atoms with Crippen LogP contribution in [0.2, 0.25) is 5.02 Å². The van der Waals surface area contributed by atoms with Crippen LogP contribution in [0, 0.1) is 6.92 Å². The van der Waals surface area contributed by atoms with E-state index in [4.69, 9.17) is 22.1 Å². The van der Waals surface area contributed by atoms with Crippen LogP contribution in [0.25, 0.3) is 0 Å². The zero-order chi connectivity index (χ0) is 18.7. The molecule has 0 bridgehead atoms. The van der Waals surface area contributed by atoms with Crippen LogP contribution in [0.15, 0.2) is 12.4 Å². The molecule has 0 saturated heterocycles. The van der Waals surface area contributed by atoms with Crippen molar-refractivity contribution >= 4 is 45.7 Å². The molecule has 0 aliphatic carbocycles. The van der Waals surface area contributed by atoms with Crippen LogP contribution < -0.4 is 11.1 Å². The summed E-state index contributed by atoms with van der Waals surface area (Å²) in [5.41, 5.74) is 5.83. The third-order valence-corrected chi connectivity index (χ3v) is 4.85. The Kier molecular flexibility index (Phi) is 5.81. The van der Waals surface area contributed by atoms with E-state index in [0.717, 1.165) is 11.3 Å². The van der Waals surface area contributed by atoms with Gasteiger partial charge in [0.05, 0.1) is 28.3 Å².